The average Bonchev–Trinajstić information content (AvgIpc) is 3.34. The summed E-state index contributed by atoms with van der Waals surface area (Å²) in [7, 11) is 0. The fourth-order valence-corrected chi connectivity index (χ4v) is 6.31. The van der Waals surface area contributed by atoms with Crippen LogP contribution in [0.4, 0.5) is 8.78 Å². The molecule has 7 heteroatoms. The fraction of sp³-hybridized carbons (Fsp3) is 0.733. The molecule has 0 aromatic heterocycles. The van der Waals surface area contributed by atoms with E-state index in [4.69, 9.17) is 0 Å². The van der Waals surface area contributed by atoms with E-state index in [1.807, 2.05) is 25.7 Å². The van der Waals surface area contributed by atoms with Gasteiger partial charge in [0.15, 0.2) is 0 Å². The van der Waals surface area contributed by atoms with Crippen molar-refractivity contribution in [1.82, 2.24) is 15.1 Å². The molecule has 1 aromatic carbocycles. The molecule has 3 aliphatic rings. The Morgan fingerprint density at radius 2 is 1.73 bits per heavy atom. The number of hydrogen-bond acceptors (Lipinski definition) is 3. The number of nitrogens with zero attached hydrogens (tertiary/aromatic N) is 2. The molecule has 2 amide bonds. The summed E-state index contributed by atoms with van der Waals surface area (Å²) in [4.78, 5) is 28.1. The van der Waals surface area contributed by atoms with E-state index in [1.54, 1.807) is 6.07 Å². The van der Waals surface area contributed by atoms with Crippen molar-refractivity contribution in [3.8, 4) is 0 Å². The van der Waals surface area contributed by atoms with Gasteiger partial charge in [0.05, 0.1) is 5.41 Å². The van der Waals surface area contributed by atoms with E-state index in [-0.39, 0.29) is 24.2 Å². The van der Waals surface area contributed by atoms with E-state index >= 15 is 0 Å². The first-order valence-electron chi connectivity index (χ1n) is 14.2. The van der Waals surface area contributed by atoms with E-state index in [0.717, 1.165) is 57.9 Å². The Hall–Kier alpha value is -2.02. The molecule has 3 fully saturated rings. The van der Waals surface area contributed by atoms with Gasteiger partial charge in [0.1, 0.15) is 11.6 Å². The van der Waals surface area contributed by atoms with Crippen LogP contribution < -0.4 is 5.32 Å². The first-order valence-corrected chi connectivity index (χ1v) is 14.2. The summed E-state index contributed by atoms with van der Waals surface area (Å²) in [6.07, 6.45) is 9.63. The molecule has 0 radical (unpaired) electrons. The Morgan fingerprint density at radius 3 is 2.24 bits per heavy atom. The summed E-state index contributed by atoms with van der Waals surface area (Å²) in [5.74, 6) is 0.00780. The minimum absolute atomic E-state index is 0. The molecule has 0 spiro atoms. The number of rotatable bonds is 5. The van der Waals surface area contributed by atoms with Crippen LogP contribution in [-0.2, 0) is 9.59 Å². The molecule has 1 saturated carbocycles. The fourth-order valence-electron chi connectivity index (χ4n) is 6.31. The predicted octanol–water partition coefficient (Wildman–Crippen LogP) is 6.13. The molecule has 2 saturated heterocycles. The van der Waals surface area contributed by atoms with Gasteiger partial charge in [0.2, 0.25) is 12.3 Å². The first kappa shape index (κ1) is 29.5. The Kier molecular flexibility index (Phi) is 10.1. The number of carbonyl (C=O) groups excluding carboxylic acids is 2. The molecule has 2 aliphatic heterocycles. The Balaban J connectivity index is 0.000000269. The second-order valence-electron chi connectivity index (χ2n) is 12.6. The summed E-state index contributed by atoms with van der Waals surface area (Å²) in [6, 6.07) is 4.40. The van der Waals surface area contributed by atoms with Crippen LogP contribution in [0, 0.1) is 23.0 Å². The topological polar surface area (TPSA) is 52.7 Å². The lowest BCUT2D eigenvalue weighted by atomic mass is 9.63. The smallest absolute Gasteiger partial charge is 0.227 e. The van der Waals surface area contributed by atoms with E-state index < -0.39 is 11.6 Å². The van der Waals surface area contributed by atoms with Crippen molar-refractivity contribution in [1.29, 1.82) is 0 Å². The zero-order valence-corrected chi connectivity index (χ0v) is 23.5. The number of amides is 2. The van der Waals surface area contributed by atoms with Gasteiger partial charge in [-0.1, -0.05) is 25.3 Å². The normalized spacial score (nSPS) is 22.9. The number of benzene rings is 1. The minimum Gasteiger partial charge on any atom is -0.351 e. The molecule has 1 aromatic rings. The van der Waals surface area contributed by atoms with Crippen LogP contribution in [0.2, 0.25) is 0 Å². The molecule has 4 rings (SSSR count). The van der Waals surface area contributed by atoms with E-state index in [2.05, 4.69) is 24.1 Å². The van der Waals surface area contributed by atoms with E-state index in [9.17, 15) is 18.4 Å². The molecule has 0 bridgehead atoms. The van der Waals surface area contributed by atoms with Gasteiger partial charge in [-0.05, 0) is 90.8 Å². The molecule has 0 unspecified atom stereocenters. The Labute approximate surface area is 223 Å². The highest BCUT2D eigenvalue weighted by atomic mass is 19.1. The van der Waals surface area contributed by atoms with Crippen molar-refractivity contribution in [3.63, 3.8) is 0 Å². The quantitative estimate of drug-likeness (QED) is 0.475. The van der Waals surface area contributed by atoms with Crippen molar-refractivity contribution in [3.05, 3.63) is 35.4 Å². The van der Waals surface area contributed by atoms with Gasteiger partial charge >= 0.3 is 0 Å². The van der Waals surface area contributed by atoms with Gasteiger partial charge in [-0.2, -0.15) is 0 Å². The molecule has 37 heavy (non-hydrogen) atoms. The van der Waals surface area contributed by atoms with Gasteiger partial charge < -0.3 is 15.1 Å². The maximum Gasteiger partial charge on any atom is 0.227 e. The van der Waals surface area contributed by atoms with Crippen LogP contribution in [0.5, 0.6) is 0 Å². The molecule has 210 valence electrons. The van der Waals surface area contributed by atoms with Crippen LogP contribution in [-0.4, -0.2) is 59.9 Å². The second kappa shape index (κ2) is 12.7. The van der Waals surface area contributed by atoms with Crippen molar-refractivity contribution in [2.24, 2.45) is 11.3 Å². The highest BCUT2D eigenvalue weighted by molar-refractivity contribution is 5.84. The summed E-state index contributed by atoms with van der Waals surface area (Å²) in [5.41, 5.74) is 0.206. The lowest BCUT2D eigenvalue weighted by Crippen LogP contribution is -2.56. The number of piperidine rings is 1. The predicted molar refractivity (Wildman–Crippen MR) is 146 cm³/mol. The third-order valence-electron chi connectivity index (χ3n) is 8.52. The van der Waals surface area contributed by atoms with Crippen LogP contribution in [0.1, 0.15) is 98.9 Å². The standard InChI is InChI=1S/C17H30N2O2.C13H17F2N.H2/c1-16(2,3)18-15(21)17(14-7-5-4-6-8-14)9-11-19(13-20)12-10-17;1-9(2)16-6-5-10(8-16)12-4-3-11(14)7-13(12)15;/h13-14H,4-12H2,1-3H3,(H,18,21);3-4,7,9-10H,5-6,8H2,1-2H3;1H/t;10-;/m.0./s1. The molecule has 1 aliphatic carbocycles. The van der Waals surface area contributed by atoms with Gasteiger partial charge in [-0.3, -0.25) is 9.59 Å². The zero-order valence-electron chi connectivity index (χ0n) is 23.5. The lowest BCUT2D eigenvalue weighted by Gasteiger charge is -2.47. The van der Waals surface area contributed by atoms with Gasteiger partial charge in [0, 0.05) is 44.6 Å². The molecular formula is C30H49F2N3O2. The van der Waals surface area contributed by atoms with Gasteiger partial charge in [-0.15, -0.1) is 0 Å². The third kappa shape index (κ3) is 7.75. The summed E-state index contributed by atoms with van der Waals surface area (Å²) in [6.45, 7) is 13.7. The van der Waals surface area contributed by atoms with E-state index in [0.29, 0.717) is 17.5 Å². The molecule has 5 nitrogen and oxygen atoms in total. The van der Waals surface area contributed by atoms with Crippen LogP contribution in [0.15, 0.2) is 18.2 Å². The summed E-state index contributed by atoms with van der Waals surface area (Å²) in [5, 5.41) is 3.21. The Morgan fingerprint density at radius 1 is 1.08 bits per heavy atom. The van der Waals surface area contributed by atoms with Crippen molar-refractivity contribution in [2.75, 3.05) is 26.2 Å². The van der Waals surface area contributed by atoms with Crippen molar-refractivity contribution < 1.29 is 19.8 Å². The Bertz CT molecular complexity index is 907. The summed E-state index contributed by atoms with van der Waals surface area (Å²) >= 11 is 0. The minimum atomic E-state index is -0.500. The number of carbonyl (C=O) groups is 2. The lowest BCUT2D eigenvalue weighted by molar-refractivity contribution is -0.143. The van der Waals surface area contributed by atoms with Crippen molar-refractivity contribution in [2.45, 2.75) is 103 Å². The third-order valence-corrected chi connectivity index (χ3v) is 8.52. The van der Waals surface area contributed by atoms with Gasteiger partial charge in [-0.25, -0.2) is 8.78 Å². The molecular weight excluding hydrogens is 472 g/mol. The number of nitrogens with one attached hydrogen (secondary N) is 1. The number of hydrogen-bond donors (Lipinski definition) is 1. The first-order chi connectivity index (χ1) is 17.4. The average molecular weight is 522 g/mol. The van der Waals surface area contributed by atoms with Crippen LogP contribution >= 0.6 is 0 Å². The molecule has 2 heterocycles. The highest BCUT2D eigenvalue weighted by Gasteiger charge is 2.48. The largest absolute Gasteiger partial charge is 0.351 e. The SMILES string of the molecule is CC(C)(C)NC(=O)C1(C2CCCCC2)CCN(C=O)CC1.CC(C)N1CC[C@H](c2ccc(F)cc2F)C1.[HH]. The molecule has 1 N–H and O–H groups in total. The summed E-state index contributed by atoms with van der Waals surface area (Å²) < 4.78 is 26.4. The van der Waals surface area contributed by atoms with E-state index in [1.165, 1.54) is 38.2 Å². The van der Waals surface area contributed by atoms with Gasteiger partial charge in [0.25, 0.3) is 0 Å². The number of halogens is 2. The maximum atomic E-state index is 13.6. The molecule has 1 atom stereocenters. The number of likely N-dealkylation sites (tertiary alicyclic amines) is 2. The maximum absolute atomic E-state index is 13.6. The van der Waals surface area contributed by atoms with Crippen molar-refractivity contribution >= 4 is 12.3 Å². The van der Waals surface area contributed by atoms with Crippen LogP contribution in [0.25, 0.3) is 0 Å². The monoisotopic (exact) mass is 521 g/mol. The highest BCUT2D eigenvalue weighted by Crippen LogP contribution is 2.46. The van der Waals surface area contributed by atoms with Crippen LogP contribution in [0.3, 0.4) is 0 Å². The zero-order chi connectivity index (χ0) is 27.2. The second-order valence-corrected chi connectivity index (χ2v) is 12.6.